The average molecular weight is 569 g/mol. The van der Waals surface area contributed by atoms with Crippen molar-refractivity contribution in [3.05, 3.63) is 64.7 Å². The lowest BCUT2D eigenvalue weighted by Crippen LogP contribution is -2.26. The topological polar surface area (TPSA) is 123 Å². The smallest absolute Gasteiger partial charge is 0.257 e. The number of amides is 1. The Kier molecular flexibility index (Phi) is 10.6. The van der Waals surface area contributed by atoms with Crippen molar-refractivity contribution in [3.8, 4) is 28.1 Å². The number of hydrogen-bond donors (Lipinski definition) is 2. The lowest BCUT2D eigenvalue weighted by molar-refractivity contribution is 0.0960. The zero-order valence-corrected chi connectivity index (χ0v) is 23.6. The number of halogens is 2. The number of methoxy groups -OCH3 is 1. The number of carbonyl (C=O) groups excluding carboxylic acids is 1. The maximum absolute atomic E-state index is 13.0. The van der Waals surface area contributed by atoms with Crippen LogP contribution in [0.2, 0.25) is 0 Å². The first-order valence-electron chi connectivity index (χ1n) is 12.4. The van der Waals surface area contributed by atoms with E-state index in [1.165, 1.54) is 31.0 Å². The molecule has 1 amide bonds. The van der Waals surface area contributed by atoms with Gasteiger partial charge in [-0.05, 0) is 26.0 Å². The second-order valence-corrected chi connectivity index (χ2v) is 8.62. The van der Waals surface area contributed by atoms with E-state index in [0.29, 0.717) is 28.1 Å². The summed E-state index contributed by atoms with van der Waals surface area (Å²) in [5.74, 6) is 0.444. The van der Waals surface area contributed by atoms with Crippen molar-refractivity contribution in [2.75, 3.05) is 13.7 Å². The van der Waals surface area contributed by atoms with E-state index >= 15 is 0 Å². The van der Waals surface area contributed by atoms with Gasteiger partial charge in [-0.25, -0.2) is 18.8 Å². The second kappa shape index (κ2) is 14.1. The molecule has 0 aliphatic heterocycles. The maximum atomic E-state index is 13.0. The molecule has 2 N–H and O–H groups in total. The Balaban J connectivity index is 0.00000216. The molecule has 40 heavy (non-hydrogen) atoms. The van der Waals surface area contributed by atoms with Gasteiger partial charge in [0.05, 0.1) is 43.5 Å². The molecule has 0 saturated heterocycles. The molecule has 0 radical (unpaired) electrons. The highest BCUT2D eigenvalue weighted by molar-refractivity contribution is 7.71. The third-order valence-corrected chi connectivity index (χ3v) is 5.69. The van der Waals surface area contributed by atoms with Crippen molar-refractivity contribution in [2.45, 2.75) is 40.7 Å². The first-order valence-corrected chi connectivity index (χ1v) is 12.8. The number of ether oxygens (including phenoxy) is 1. The van der Waals surface area contributed by atoms with E-state index < -0.39 is 13.0 Å². The number of rotatable bonds is 9. The lowest BCUT2D eigenvalue weighted by Gasteiger charge is -2.13. The number of nitrogens with one attached hydrogen (secondary N) is 2. The van der Waals surface area contributed by atoms with Gasteiger partial charge in [0.1, 0.15) is 16.9 Å². The summed E-state index contributed by atoms with van der Waals surface area (Å²) in [6.45, 7) is 7.31. The molecule has 4 heterocycles. The molecule has 4 aromatic heterocycles. The minimum absolute atomic E-state index is 0.108. The quantitative estimate of drug-likeness (QED) is 0.202. The normalized spacial score (nSPS) is 10.9. The summed E-state index contributed by atoms with van der Waals surface area (Å²) >= 11 is 5.32. The molecule has 0 unspecified atom stereocenters. The first-order chi connectivity index (χ1) is 19.2. The van der Waals surface area contributed by atoms with Crippen molar-refractivity contribution >= 4 is 30.2 Å². The van der Waals surface area contributed by atoms with Crippen LogP contribution in [0.15, 0.2) is 48.1 Å². The molecule has 0 fully saturated rings. The van der Waals surface area contributed by atoms with Gasteiger partial charge in [-0.1, -0.05) is 26.1 Å². The Morgan fingerprint density at radius 1 is 1.12 bits per heavy atom. The number of carbonyl (C=O) groups is 1. The molecule has 0 spiro atoms. The minimum Gasteiger partial charge on any atom is -0.494 e. The van der Waals surface area contributed by atoms with Gasteiger partial charge in [0.25, 0.3) is 12.3 Å². The van der Waals surface area contributed by atoms with Crippen LogP contribution >= 0.6 is 12.2 Å². The molecule has 210 valence electrons. The molecule has 0 atom stereocenters. The minimum atomic E-state index is -2.51. The van der Waals surface area contributed by atoms with Crippen molar-refractivity contribution in [1.29, 1.82) is 0 Å². The van der Waals surface area contributed by atoms with E-state index in [0.717, 1.165) is 21.6 Å². The van der Waals surface area contributed by atoms with Crippen molar-refractivity contribution in [3.63, 3.8) is 0 Å². The number of aromatic amines is 1. The Labute approximate surface area is 235 Å². The molecular formula is C27H30F2N8O2S. The van der Waals surface area contributed by atoms with Gasteiger partial charge >= 0.3 is 0 Å². The SMILES string of the molecule is CC.COc1cnc(C)cc1-c1cc(C)ncc1C(=O)NCC=Nc1ncc(-c2cnn(CC(F)F)c2)[nH]c1=S. The molecule has 0 bridgehead atoms. The van der Waals surface area contributed by atoms with Crippen LogP contribution in [-0.2, 0) is 6.54 Å². The van der Waals surface area contributed by atoms with E-state index in [1.807, 2.05) is 39.8 Å². The largest absolute Gasteiger partial charge is 0.494 e. The van der Waals surface area contributed by atoms with E-state index in [9.17, 15) is 13.6 Å². The van der Waals surface area contributed by atoms with Crippen LogP contribution in [0.3, 0.4) is 0 Å². The Bertz CT molecular complexity index is 1550. The molecule has 4 rings (SSSR count). The highest BCUT2D eigenvalue weighted by Crippen LogP contribution is 2.32. The van der Waals surface area contributed by atoms with Gasteiger partial charge < -0.3 is 15.0 Å². The van der Waals surface area contributed by atoms with Crippen molar-refractivity contribution < 1.29 is 18.3 Å². The number of H-pyrrole nitrogens is 1. The molecule has 0 aromatic carbocycles. The van der Waals surface area contributed by atoms with Gasteiger partial charge in [0.15, 0.2) is 5.82 Å². The van der Waals surface area contributed by atoms with Crippen LogP contribution < -0.4 is 10.1 Å². The summed E-state index contributed by atoms with van der Waals surface area (Å²) in [6.07, 6.45) is 6.51. The van der Waals surface area contributed by atoms with Gasteiger partial charge in [-0.2, -0.15) is 5.10 Å². The van der Waals surface area contributed by atoms with E-state index in [-0.39, 0.29) is 22.9 Å². The summed E-state index contributed by atoms with van der Waals surface area (Å²) in [7, 11) is 1.55. The average Bonchev–Trinajstić information content (AvgIpc) is 3.40. The van der Waals surface area contributed by atoms with Crippen LogP contribution in [0.25, 0.3) is 22.4 Å². The number of aliphatic imine (C=N–C) groups is 1. The molecular weight excluding hydrogens is 538 g/mol. The number of hydrogen-bond acceptors (Lipinski definition) is 8. The zero-order valence-electron chi connectivity index (χ0n) is 22.8. The third kappa shape index (κ3) is 7.59. The molecule has 0 saturated carbocycles. The van der Waals surface area contributed by atoms with Crippen molar-refractivity contribution in [1.82, 2.24) is 35.0 Å². The van der Waals surface area contributed by atoms with E-state index in [4.69, 9.17) is 17.0 Å². The summed E-state index contributed by atoms with van der Waals surface area (Å²) in [5, 5.41) is 6.70. The van der Waals surface area contributed by atoms with Crippen LogP contribution in [0.5, 0.6) is 5.75 Å². The Morgan fingerprint density at radius 2 is 1.82 bits per heavy atom. The number of alkyl halides is 2. The van der Waals surface area contributed by atoms with E-state index in [2.05, 4.69) is 35.3 Å². The standard InChI is InChI=1S/C25H24F2N8O2S.C2H6/c1-14-6-17(18-7-15(2)31-11-21(18)37-3)19(9-30-14)24(36)29-5-4-28-23-25(38)34-20(10-32-23)16-8-33-35(12-16)13-22(26)27;1-2/h4,6-12,22H,5,13H2,1-3H3,(H,29,36)(H,34,38);1-2H3. The van der Waals surface area contributed by atoms with Gasteiger partial charge in [-0.3, -0.25) is 19.4 Å². The van der Waals surface area contributed by atoms with E-state index in [1.54, 1.807) is 13.3 Å². The van der Waals surface area contributed by atoms with Crippen LogP contribution in [0.4, 0.5) is 14.6 Å². The molecule has 13 heteroatoms. The predicted octanol–water partition coefficient (Wildman–Crippen LogP) is 5.51. The lowest BCUT2D eigenvalue weighted by atomic mass is 9.99. The van der Waals surface area contributed by atoms with Gasteiger partial charge in [0, 0.05) is 46.7 Å². The maximum Gasteiger partial charge on any atom is 0.257 e. The summed E-state index contributed by atoms with van der Waals surface area (Å²) in [4.78, 5) is 33.0. The highest BCUT2D eigenvalue weighted by atomic mass is 32.1. The molecule has 0 aliphatic rings. The fraction of sp³-hybridized carbons (Fsp3) is 0.296. The third-order valence-electron chi connectivity index (χ3n) is 5.40. The predicted molar refractivity (Wildman–Crippen MR) is 152 cm³/mol. The number of aromatic nitrogens is 6. The number of pyridine rings is 2. The van der Waals surface area contributed by atoms with Crippen LogP contribution in [0.1, 0.15) is 35.6 Å². The highest BCUT2D eigenvalue weighted by Gasteiger charge is 2.17. The van der Waals surface area contributed by atoms with Crippen LogP contribution in [-0.4, -0.2) is 61.9 Å². The fourth-order valence-corrected chi connectivity index (χ4v) is 3.84. The summed E-state index contributed by atoms with van der Waals surface area (Å²) in [5.41, 5.74) is 4.40. The van der Waals surface area contributed by atoms with Crippen LogP contribution in [0, 0.1) is 18.5 Å². The monoisotopic (exact) mass is 568 g/mol. The molecule has 0 aliphatic carbocycles. The number of aryl methyl sites for hydroxylation is 2. The Hall–Kier alpha value is -4.39. The van der Waals surface area contributed by atoms with Crippen molar-refractivity contribution in [2.24, 2.45) is 4.99 Å². The summed E-state index contributed by atoms with van der Waals surface area (Å²) < 4.78 is 31.9. The fourth-order valence-electron chi connectivity index (χ4n) is 3.63. The molecule has 4 aromatic rings. The zero-order chi connectivity index (χ0) is 29.2. The molecule has 10 nitrogen and oxygen atoms in total. The second-order valence-electron chi connectivity index (χ2n) is 8.21. The summed E-state index contributed by atoms with van der Waals surface area (Å²) in [6, 6.07) is 3.68. The first kappa shape index (κ1) is 30.2. The van der Waals surface area contributed by atoms with Gasteiger partial charge in [-0.15, -0.1) is 0 Å². The number of nitrogens with zero attached hydrogens (tertiary/aromatic N) is 6. The Morgan fingerprint density at radius 3 is 2.50 bits per heavy atom. The van der Waals surface area contributed by atoms with Gasteiger partial charge in [0.2, 0.25) is 0 Å².